The first kappa shape index (κ1) is 37.6. The standard InChI is InChI=1S/C45H72/c1-6-9-11-12-13-14-15-16-19-22-29-39(8-3)30-26-28-37(4)27-21-18-17-20-23-33-43-41(31-10-7-2)36-44-38(5)35-40-32-24-25-34-42(40)45(43)44/h24-25,32,34-36,39,43H,4,6-23,26-31,33H2,1-3,5H3. The fraction of sp³-hybridized carbons (Fsp3) is 0.689. The highest BCUT2D eigenvalue weighted by Gasteiger charge is 2.27. The normalized spacial score (nSPS) is 15.0. The predicted molar refractivity (Wildman–Crippen MR) is 204 cm³/mol. The van der Waals surface area contributed by atoms with Crippen molar-refractivity contribution < 1.29 is 0 Å². The van der Waals surface area contributed by atoms with Gasteiger partial charge in [0, 0.05) is 5.92 Å². The quantitative estimate of drug-likeness (QED) is 0.0695. The van der Waals surface area contributed by atoms with E-state index in [0.717, 1.165) is 5.92 Å². The molecule has 252 valence electrons. The van der Waals surface area contributed by atoms with Gasteiger partial charge >= 0.3 is 0 Å². The largest absolute Gasteiger partial charge is 0.0999 e. The summed E-state index contributed by atoms with van der Waals surface area (Å²) in [7, 11) is 0. The van der Waals surface area contributed by atoms with Crippen LogP contribution < -0.4 is 0 Å². The third-order valence-corrected chi connectivity index (χ3v) is 11.0. The first-order valence-corrected chi connectivity index (χ1v) is 20.0. The van der Waals surface area contributed by atoms with Gasteiger partial charge in [0.2, 0.25) is 0 Å². The number of fused-ring (bicyclic) bond motifs is 3. The smallest absolute Gasteiger partial charge is 0.00636 e. The van der Waals surface area contributed by atoms with Crippen molar-refractivity contribution in [2.45, 2.75) is 194 Å². The van der Waals surface area contributed by atoms with Crippen LogP contribution in [0.5, 0.6) is 0 Å². The van der Waals surface area contributed by atoms with E-state index < -0.39 is 0 Å². The van der Waals surface area contributed by atoms with Gasteiger partial charge in [-0.15, -0.1) is 0 Å². The highest BCUT2D eigenvalue weighted by Crippen LogP contribution is 2.46. The Balaban J connectivity index is 1.25. The summed E-state index contributed by atoms with van der Waals surface area (Å²) in [4.78, 5) is 0. The summed E-state index contributed by atoms with van der Waals surface area (Å²) in [5, 5.41) is 2.91. The van der Waals surface area contributed by atoms with Gasteiger partial charge in [0.05, 0.1) is 0 Å². The van der Waals surface area contributed by atoms with Crippen LogP contribution in [0.15, 0.2) is 48.1 Å². The second-order valence-corrected chi connectivity index (χ2v) is 14.8. The van der Waals surface area contributed by atoms with E-state index in [9.17, 15) is 0 Å². The summed E-state index contributed by atoms with van der Waals surface area (Å²) in [5.74, 6) is 1.58. The second kappa shape index (κ2) is 22.7. The molecule has 1 aliphatic rings. The Labute approximate surface area is 281 Å². The molecule has 0 N–H and O–H groups in total. The van der Waals surface area contributed by atoms with Gasteiger partial charge in [-0.3, -0.25) is 0 Å². The Morgan fingerprint density at radius 1 is 0.689 bits per heavy atom. The van der Waals surface area contributed by atoms with Gasteiger partial charge in [0.15, 0.2) is 0 Å². The monoisotopic (exact) mass is 613 g/mol. The molecule has 2 aromatic carbocycles. The maximum Gasteiger partial charge on any atom is 0.00636 e. The second-order valence-electron chi connectivity index (χ2n) is 14.8. The van der Waals surface area contributed by atoms with Crippen LogP contribution in [0, 0.1) is 12.8 Å². The van der Waals surface area contributed by atoms with Crippen LogP contribution in [0.4, 0.5) is 0 Å². The van der Waals surface area contributed by atoms with Gasteiger partial charge in [-0.05, 0) is 85.3 Å². The van der Waals surface area contributed by atoms with Crippen LogP contribution in [0.2, 0.25) is 0 Å². The topological polar surface area (TPSA) is 0 Å². The van der Waals surface area contributed by atoms with E-state index in [-0.39, 0.29) is 0 Å². The first-order chi connectivity index (χ1) is 22.1. The predicted octanol–water partition coefficient (Wildman–Crippen LogP) is 15.6. The fourth-order valence-electron chi connectivity index (χ4n) is 8.02. The van der Waals surface area contributed by atoms with E-state index in [2.05, 4.69) is 70.7 Å². The molecule has 0 aromatic heterocycles. The van der Waals surface area contributed by atoms with Gasteiger partial charge in [0.1, 0.15) is 0 Å². The summed E-state index contributed by atoms with van der Waals surface area (Å²) in [6.07, 6.45) is 37.2. The zero-order chi connectivity index (χ0) is 32.1. The molecule has 3 rings (SSSR count). The number of unbranched alkanes of at least 4 members (excludes halogenated alkanes) is 14. The van der Waals surface area contributed by atoms with Crippen LogP contribution in [0.3, 0.4) is 0 Å². The molecule has 0 radical (unpaired) electrons. The molecule has 0 nitrogen and oxygen atoms in total. The van der Waals surface area contributed by atoms with Gasteiger partial charge in [-0.2, -0.15) is 0 Å². The number of hydrogen-bond donors (Lipinski definition) is 0. The Morgan fingerprint density at radius 2 is 1.29 bits per heavy atom. The number of benzene rings is 2. The third-order valence-electron chi connectivity index (χ3n) is 11.0. The van der Waals surface area contributed by atoms with E-state index in [1.807, 2.05) is 0 Å². The van der Waals surface area contributed by atoms with Crippen LogP contribution >= 0.6 is 0 Å². The lowest BCUT2D eigenvalue weighted by atomic mass is 9.84. The average Bonchev–Trinajstić information content (AvgIpc) is 3.42. The van der Waals surface area contributed by atoms with Crippen molar-refractivity contribution in [2.75, 3.05) is 0 Å². The van der Waals surface area contributed by atoms with Gasteiger partial charge in [0.25, 0.3) is 0 Å². The van der Waals surface area contributed by atoms with Crippen molar-refractivity contribution in [3.8, 4) is 0 Å². The first-order valence-electron chi connectivity index (χ1n) is 20.0. The lowest BCUT2D eigenvalue weighted by Gasteiger charge is -2.20. The molecular formula is C45H72. The zero-order valence-corrected chi connectivity index (χ0v) is 30.5. The lowest BCUT2D eigenvalue weighted by Crippen LogP contribution is -2.02. The van der Waals surface area contributed by atoms with Crippen LogP contribution in [0.1, 0.15) is 204 Å². The molecule has 0 fully saturated rings. The summed E-state index contributed by atoms with van der Waals surface area (Å²) in [6, 6.07) is 11.5. The van der Waals surface area contributed by atoms with Crippen molar-refractivity contribution in [2.24, 2.45) is 5.92 Å². The minimum Gasteiger partial charge on any atom is -0.0999 e. The minimum absolute atomic E-state index is 0.633. The van der Waals surface area contributed by atoms with E-state index in [1.54, 1.807) is 11.1 Å². The van der Waals surface area contributed by atoms with Crippen LogP contribution in [0.25, 0.3) is 16.8 Å². The lowest BCUT2D eigenvalue weighted by molar-refractivity contribution is 0.400. The van der Waals surface area contributed by atoms with E-state index in [0.29, 0.717) is 5.92 Å². The van der Waals surface area contributed by atoms with E-state index in [4.69, 9.17) is 0 Å². The Hall–Kier alpha value is -1.82. The maximum atomic E-state index is 4.47. The molecule has 0 spiro atoms. The molecule has 0 amide bonds. The van der Waals surface area contributed by atoms with E-state index >= 15 is 0 Å². The molecule has 0 aliphatic heterocycles. The summed E-state index contributed by atoms with van der Waals surface area (Å²) in [6.45, 7) is 13.8. The van der Waals surface area contributed by atoms with Crippen molar-refractivity contribution >= 4 is 16.8 Å². The fourth-order valence-corrected chi connectivity index (χ4v) is 8.02. The van der Waals surface area contributed by atoms with Gasteiger partial charge < -0.3 is 0 Å². The summed E-state index contributed by atoms with van der Waals surface area (Å²) >= 11 is 0. The molecule has 0 bridgehead atoms. The molecular weight excluding hydrogens is 540 g/mol. The zero-order valence-electron chi connectivity index (χ0n) is 30.5. The number of allylic oxidation sites excluding steroid dienone is 2. The molecule has 1 aliphatic carbocycles. The Kier molecular flexibility index (Phi) is 19.0. The number of hydrogen-bond acceptors (Lipinski definition) is 0. The molecule has 0 saturated heterocycles. The maximum absolute atomic E-state index is 4.47. The number of aryl methyl sites for hydroxylation is 1. The SMILES string of the molecule is C=C(CCCCCCCC1C(CCCC)=Cc2c(C)cc3ccccc3c21)CCCC(CC)CCCCCCCCCCCC. The highest BCUT2D eigenvalue weighted by molar-refractivity contribution is 5.93. The molecule has 2 unspecified atom stereocenters. The Bertz CT molecular complexity index is 1120. The molecule has 0 heteroatoms. The van der Waals surface area contributed by atoms with Crippen molar-refractivity contribution in [3.05, 3.63) is 64.7 Å². The minimum atomic E-state index is 0.633. The molecule has 0 heterocycles. The molecule has 2 atom stereocenters. The van der Waals surface area contributed by atoms with Crippen molar-refractivity contribution in [1.29, 1.82) is 0 Å². The van der Waals surface area contributed by atoms with Gasteiger partial charge in [-0.1, -0.05) is 190 Å². The molecule has 2 aromatic rings. The summed E-state index contributed by atoms with van der Waals surface area (Å²) in [5.41, 5.74) is 7.85. The highest BCUT2D eigenvalue weighted by atomic mass is 14.3. The van der Waals surface area contributed by atoms with Crippen molar-refractivity contribution in [3.63, 3.8) is 0 Å². The van der Waals surface area contributed by atoms with Crippen molar-refractivity contribution in [1.82, 2.24) is 0 Å². The van der Waals surface area contributed by atoms with Gasteiger partial charge in [-0.25, -0.2) is 0 Å². The molecule has 0 saturated carbocycles. The Morgan fingerprint density at radius 3 is 2.00 bits per heavy atom. The third kappa shape index (κ3) is 13.4. The van der Waals surface area contributed by atoms with Crippen LogP contribution in [-0.2, 0) is 0 Å². The molecule has 45 heavy (non-hydrogen) atoms. The summed E-state index contributed by atoms with van der Waals surface area (Å²) < 4.78 is 0. The van der Waals surface area contributed by atoms with E-state index in [1.165, 1.54) is 188 Å². The van der Waals surface area contributed by atoms with Crippen LogP contribution in [-0.4, -0.2) is 0 Å². The number of rotatable bonds is 27. The average molecular weight is 613 g/mol.